The second-order valence-electron chi connectivity index (χ2n) is 4.12. The van der Waals surface area contributed by atoms with Crippen molar-refractivity contribution in [3.63, 3.8) is 0 Å². The summed E-state index contributed by atoms with van der Waals surface area (Å²) >= 11 is 35.8. The van der Waals surface area contributed by atoms with Crippen LogP contribution < -0.4 is 0 Å². The Morgan fingerprint density at radius 1 is 0.650 bits per heavy atom. The van der Waals surface area contributed by atoms with Gasteiger partial charge in [-0.3, -0.25) is 0 Å². The number of hydrogen-bond acceptors (Lipinski definition) is 0. The molecule has 106 valence electrons. The second-order valence-corrected chi connectivity index (χ2v) is 8.68. The second kappa shape index (κ2) is 6.12. The van der Waals surface area contributed by atoms with Gasteiger partial charge in [-0.15, -0.1) is 0 Å². The number of hydrogen-bond donors (Lipinski definition) is 0. The lowest BCUT2D eigenvalue weighted by Gasteiger charge is -2.20. The van der Waals surface area contributed by atoms with E-state index in [0.717, 1.165) is 11.1 Å². The van der Waals surface area contributed by atoms with Crippen molar-refractivity contribution in [3.8, 4) is 11.1 Å². The van der Waals surface area contributed by atoms with Gasteiger partial charge in [-0.1, -0.05) is 112 Å². The SMILES string of the molecule is ClC(Cl)(Cl)c1ccc(-c2ccccc2)c(C(Cl)(Cl)Cl)c1. The van der Waals surface area contributed by atoms with Crippen molar-refractivity contribution in [2.24, 2.45) is 0 Å². The monoisotopic (exact) mass is 386 g/mol. The lowest BCUT2D eigenvalue weighted by molar-refractivity contribution is 1.17. The summed E-state index contributed by atoms with van der Waals surface area (Å²) in [7, 11) is 0. The average molecular weight is 389 g/mol. The van der Waals surface area contributed by atoms with Gasteiger partial charge in [0.1, 0.15) is 0 Å². The molecule has 0 saturated carbocycles. The molecule has 0 amide bonds. The van der Waals surface area contributed by atoms with Crippen LogP contribution in [-0.4, -0.2) is 0 Å². The molecule has 0 radical (unpaired) electrons. The summed E-state index contributed by atoms with van der Waals surface area (Å²) in [5.74, 6) is 0. The number of halogens is 6. The van der Waals surface area contributed by atoms with Crippen LogP contribution in [0.25, 0.3) is 11.1 Å². The maximum Gasteiger partial charge on any atom is 0.216 e. The minimum Gasteiger partial charge on any atom is -0.0784 e. The van der Waals surface area contributed by atoms with Gasteiger partial charge in [-0.25, -0.2) is 0 Å². The van der Waals surface area contributed by atoms with E-state index < -0.39 is 7.59 Å². The molecule has 0 heterocycles. The van der Waals surface area contributed by atoms with Crippen molar-refractivity contribution >= 4 is 69.6 Å². The predicted molar refractivity (Wildman–Crippen MR) is 90.4 cm³/mol. The largest absolute Gasteiger partial charge is 0.216 e. The fourth-order valence-corrected chi connectivity index (χ4v) is 2.65. The van der Waals surface area contributed by atoms with E-state index in [1.807, 2.05) is 30.3 Å². The Labute approximate surface area is 147 Å². The summed E-state index contributed by atoms with van der Waals surface area (Å²) < 4.78 is -3.18. The van der Waals surface area contributed by atoms with Gasteiger partial charge in [0, 0.05) is 11.1 Å². The van der Waals surface area contributed by atoms with Gasteiger partial charge in [-0.05, 0) is 17.2 Å². The Morgan fingerprint density at radius 3 is 1.75 bits per heavy atom. The lowest BCUT2D eigenvalue weighted by Crippen LogP contribution is -2.07. The standard InChI is InChI=1S/C14H8Cl6/c15-13(16,17)10-6-7-11(9-4-2-1-3-5-9)12(8-10)14(18,19)20/h1-8H. The van der Waals surface area contributed by atoms with Crippen molar-refractivity contribution in [3.05, 3.63) is 59.7 Å². The van der Waals surface area contributed by atoms with Crippen LogP contribution in [0.15, 0.2) is 48.5 Å². The van der Waals surface area contributed by atoms with Crippen molar-refractivity contribution in [1.29, 1.82) is 0 Å². The van der Waals surface area contributed by atoms with E-state index in [1.54, 1.807) is 18.2 Å². The van der Waals surface area contributed by atoms with Crippen LogP contribution in [0, 0.1) is 0 Å². The summed E-state index contributed by atoms with van der Waals surface area (Å²) in [6, 6.07) is 14.6. The summed E-state index contributed by atoms with van der Waals surface area (Å²) in [5.41, 5.74) is 2.62. The molecule has 0 nitrogen and oxygen atoms in total. The summed E-state index contributed by atoms with van der Waals surface area (Å²) in [6.07, 6.45) is 0. The highest BCUT2D eigenvalue weighted by Gasteiger charge is 2.30. The van der Waals surface area contributed by atoms with E-state index in [9.17, 15) is 0 Å². The molecular formula is C14H8Cl6. The highest BCUT2D eigenvalue weighted by atomic mass is 35.6. The highest BCUT2D eigenvalue weighted by molar-refractivity contribution is 6.67. The van der Waals surface area contributed by atoms with E-state index in [-0.39, 0.29) is 0 Å². The van der Waals surface area contributed by atoms with Gasteiger partial charge < -0.3 is 0 Å². The van der Waals surface area contributed by atoms with Crippen LogP contribution in [0.3, 0.4) is 0 Å². The topological polar surface area (TPSA) is 0 Å². The predicted octanol–water partition coefficient (Wildman–Crippen LogP) is 7.01. The third-order valence-corrected chi connectivity index (χ3v) is 4.00. The van der Waals surface area contributed by atoms with Gasteiger partial charge in [0.15, 0.2) is 0 Å². The Hall–Kier alpha value is 0.180. The van der Waals surface area contributed by atoms with Crippen LogP contribution in [0.1, 0.15) is 11.1 Å². The first-order valence-electron chi connectivity index (χ1n) is 5.53. The number of alkyl halides is 6. The first kappa shape index (κ1) is 16.5. The zero-order valence-electron chi connectivity index (χ0n) is 9.89. The maximum absolute atomic E-state index is 6.04. The minimum atomic E-state index is -1.61. The van der Waals surface area contributed by atoms with Crippen molar-refractivity contribution in [2.45, 2.75) is 7.59 Å². The molecule has 2 aromatic rings. The summed E-state index contributed by atoms with van der Waals surface area (Å²) in [6.45, 7) is 0. The normalized spacial score (nSPS) is 12.5. The van der Waals surface area contributed by atoms with Gasteiger partial charge in [0.25, 0.3) is 0 Å². The molecule has 0 atom stereocenters. The van der Waals surface area contributed by atoms with Crippen LogP contribution in [-0.2, 0) is 7.59 Å². The Balaban J connectivity index is 2.65. The molecule has 0 aliphatic heterocycles. The fourth-order valence-electron chi connectivity index (χ4n) is 1.82. The van der Waals surface area contributed by atoms with E-state index in [1.165, 1.54) is 0 Å². The average Bonchev–Trinajstić information content (AvgIpc) is 2.37. The van der Waals surface area contributed by atoms with Crippen molar-refractivity contribution in [1.82, 2.24) is 0 Å². The molecule has 0 aliphatic carbocycles. The highest BCUT2D eigenvalue weighted by Crippen LogP contribution is 2.46. The Morgan fingerprint density at radius 2 is 1.25 bits per heavy atom. The van der Waals surface area contributed by atoms with Gasteiger partial charge in [0.05, 0.1) is 0 Å². The smallest absolute Gasteiger partial charge is 0.0784 e. The summed E-state index contributed by atoms with van der Waals surface area (Å²) in [4.78, 5) is 0. The third-order valence-electron chi connectivity index (χ3n) is 2.74. The fraction of sp³-hybridized carbons (Fsp3) is 0.143. The van der Waals surface area contributed by atoms with Crippen molar-refractivity contribution < 1.29 is 0 Å². The number of benzene rings is 2. The van der Waals surface area contributed by atoms with E-state index in [0.29, 0.717) is 11.1 Å². The molecule has 0 aliphatic rings. The quantitative estimate of drug-likeness (QED) is 0.461. The maximum atomic E-state index is 6.04. The third kappa shape index (κ3) is 3.88. The molecule has 6 heteroatoms. The Kier molecular flexibility index (Phi) is 5.07. The molecule has 0 saturated heterocycles. The zero-order chi connectivity index (χ0) is 15.0. The molecule has 20 heavy (non-hydrogen) atoms. The molecule has 0 unspecified atom stereocenters. The van der Waals surface area contributed by atoms with E-state index in [4.69, 9.17) is 69.6 Å². The van der Waals surface area contributed by atoms with Gasteiger partial charge in [0.2, 0.25) is 7.59 Å². The molecule has 0 bridgehead atoms. The molecule has 0 spiro atoms. The van der Waals surface area contributed by atoms with Crippen LogP contribution >= 0.6 is 69.6 Å². The van der Waals surface area contributed by atoms with Gasteiger partial charge >= 0.3 is 0 Å². The van der Waals surface area contributed by atoms with E-state index >= 15 is 0 Å². The van der Waals surface area contributed by atoms with Crippen LogP contribution in [0.5, 0.6) is 0 Å². The lowest BCUT2D eigenvalue weighted by atomic mass is 9.98. The molecular weight excluding hydrogens is 381 g/mol. The van der Waals surface area contributed by atoms with E-state index in [2.05, 4.69) is 0 Å². The van der Waals surface area contributed by atoms with Crippen LogP contribution in [0.2, 0.25) is 0 Å². The molecule has 2 aromatic carbocycles. The molecule has 0 aromatic heterocycles. The zero-order valence-corrected chi connectivity index (χ0v) is 14.4. The van der Waals surface area contributed by atoms with Gasteiger partial charge in [-0.2, -0.15) is 0 Å². The molecule has 0 N–H and O–H groups in total. The first-order chi connectivity index (χ1) is 9.19. The minimum absolute atomic E-state index is 0.448. The van der Waals surface area contributed by atoms with Crippen molar-refractivity contribution in [2.75, 3.05) is 0 Å². The first-order valence-corrected chi connectivity index (χ1v) is 7.80. The van der Waals surface area contributed by atoms with Crippen LogP contribution in [0.4, 0.5) is 0 Å². The number of rotatable bonds is 1. The Bertz CT molecular complexity index is 595. The summed E-state index contributed by atoms with van der Waals surface area (Å²) in [5, 5.41) is 0. The molecule has 0 fully saturated rings. The molecule has 2 rings (SSSR count).